The first-order valence-corrected chi connectivity index (χ1v) is 3.61. The van der Waals surface area contributed by atoms with Crippen molar-refractivity contribution < 1.29 is 3.76 Å². The first-order valence-electron chi connectivity index (χ1n) is 2.76. The van der Waals surface area contributed by atoms with Crippen molar-refractivity contribution in [1.29, 1.82) is 0 Å². The fourth-order valence-electron chi connectivity index (χ4n) is 1.01. The van der Waals surface area contributed by atoms with Crippen LogP contribution in [0.2, 0.25) is 0 Å². The van der Waals surface area contributed by atoms with Crippen LogP contribution in [-0.4, -0.2) is 23.0 Å². The third-order valence-electron chi connectivity index (χ3n) is 1.47. The van der Waals surface area contributed by atoms with Gasteiger partial charge in [-0.3, -0.25) is 0 Å². The SMILES string of the molecule is [Ge][O]C1CCCC1. The van der Waals surface area contributed by atoms with Gasteiger partial charge in [-0.15, -0.1) is 0 Å². The molecule has 0 spiro atoms. The summed E-state index contributed by atoms with van der Waals surface area (Å²) >= 11 is 1.80. The molecular weight excluding hydrogens is 149 g/mol. The molecule has 7 heavy (non-hydrogen) atoms. The first-order chi connectivity index (χ1) is 3.43. The van der Waals surface area contributed by atoms with Crippen molar-refractivity contribution in [1.82, 2.24) is 0 Å². The molecule has 1 aliphatic rings. The molecule has 0 bridgehead atoms. The van der Waals surface area contributed by atoms with E-state index < -0.39 is 0 Å². The van der Waals surface area contributed by atoms with Gasteiger partial charge in [0.1, 0.15) is 0 Å². The van der Waals surface area contributed by atoms with Gasteiger partial charge in [0.05, 0.1) is 0 Å². The number of hydrogen-bond acceptors (Lipinski definition) is 1. The molecule has 0 N–H and O–H groups in total. The topological polar surface area (TPSA) is 9.23 Å². The summed E-state index contributed by atoms with van der Waals surface area (Å²) < 4.78 is 5.11. The number of rotatable bonds is 1. The molecule has 39 valence electrons. The van der Waals surface area contributed by atoms with E-state index in [1.807, 2.05) is 0 Å². The van der Waals surface area contributed by atoms with Crippen LogP contribution in [0.1, 0.15) is 25.7 Å². The van der Waals surface area contributed by atoms with Gasteiger partial charge in [0.2, 0.25) is 0 Å². The van der Waals surface area contributed by atoms with Crippen molar-refractivity contribution in [2.75, 3.05) is 0 Å². The van der Waals surface area contributed by atoms with Crippen molar-refractivity contribution in [3.63, 3.8) is 0 Å². The van der Waals surface area contributed by atoms with Crippen LogP contribution in [0.4, 0.5) is 0 Å². The molecule has 1 rings (SSSR count). The standard InChI is InChI=1S/C5H9GeO/c6-7-5-3-1-2-4-5/h5H,1-4H2. The van der Waals surface area contributed by atoms with Crippen LogP contribution in [0.5, 0.6) is 0 Å². The summed E-state index contributed by atoms with van der Waals surface area (Å²) in [4.78, 5) is 0. The second-order valence-electron chi connectivity index (χ2n) is 2.02. The zero-order valence-corrected chi connectivity index (χ0v) is 6.41. The van der Waals surface area contributed by atoms with E-state index in [2.05, 4.69) is 0 Å². The molecule has 0 atom stereocenters. The predicted molar refractivity (Wildman–Crippen MR) is 29.1 cm³/mol. The van der Waals surface area contributed by atoms with E-state index in [1.165, 1.54) is 25.7 Å². The van der Waals surface area contributed by atoms with Gasteiger partial charge in [-0.05, 0) is 0 Å². The van der Waals surface area contributed by atoms with Gasteiger partial charge >= 0.3 is 52.4 Å². The van der Waals surface area contributed by atoms with E-state index >= 15 is 0 Å². The van der Waals surface area contributed by atoms with E-state index in [0.29, 0.717) is 6.10 Å². The predicted octanol–water partition coefficient (Wildman–Crippen LogP) is 1.03. The molecule has 0 heterocycles. The Bertz CT molecular complexity index is 50.0. The van der Waals surface area contributed by atoms with Crippen LogP contribution < -0.4 is 0 Å². The average molecular weight is 158 g/mol. The van der Waals surface area contributed by atoms with Gasteiger partial charge in [0.25, 0.3) is 0 Å². The van der Waals surface area contributed by atoms with Crippen LogP contribution in [0, 0.1) is 0 Å². The summed E-state index contributed by atoms with van der Waals surface area (Å²) in [7, 11) is 0. The molecular formula is C5H9GeO. The van der Waals surface area contributed by atoms with Gasteiger partial charge in [0, 0.05) is 0 Å². The molecule has 0 aromatic rings. The molecule has 2 heteroatoms. The van der Waals surface area contributed by atoms with E-state index in [4.69, 9.17) is 3.76 Å². The van der Waals surface area contributed by atoms with Crippen LogP contribution in [0.15, 0.2) is 0 Å². The normalized spacial score (nSPS) is 23.6. The summed E-state index contributed by atoms with van der Waals surface area (Å²) in [5, 5.41) is 0. The van der Waals surface area contributed by atoms with E-state index in [9.17, 15) is 0 Å². The van der Waals surface area contributed by atoms with E-state index in [0.717, 1.165) is 0 Å². The van der Waals surface area contributed by atoms with Gasteiger partial charge in [-0.1, -0.05) is 0 Å². The minimum absolute atomic E-state index is 0.597. The molecule has 3 radical (unpaired) electrons. The summed E-state index contributed by atoms with van der Waals surface area (Å²) in [5.74, 6) is 0. The van der Waals surface area contributed by atoms with Crippen molar-refractivity contribution >= 4 is 16.9 Å². The average Bonchev–Trinajstić information content (AvgIpc) is 2.14. The Kier molecular flexibility index (Phi) is 2.19. The Morgan fingerprint density at radius 3 is 2.14 bits per heavy atom. The molecule has 1 aliphatic carbocycles. The monoisotopic (exact) mass is 159 g/mol. The summed E-state index contributed by atoms with van der Waals surface area (Å²) in [5.41, 5.74) is 0. The third kappa shape index (κ3) is 1.46. The van der Waals surface area contributed by atoms with Crippen molar-refractivity contribution in [3.8, 4) is 0 Å². The van der Waals surface area contributed by atoms with Crippen molar-refractivity contribution in [2.45, 2.75) is 31.8 Å². The van der Waals surface area contributed by atoms with Crippen LogP contribution in [0.3, 0.4) is 0 Å². The molecule has 1 fully saturated rings. The number of hydrogen-bond donors (Lipinski definition) is 0. The Balaban J connectivity index is 2.14. The Labute approximate surface area is 53.0 Å². The molecule has 1 saturated carbocycles. The molecule has 0 aromatic carbocycles. The molecule has 0 saturated heterocycles. The quantitative estimate of drug-likeness (QED) is 0.517. The molecule has 0 aromatic heterocycles. The van der Waals surface area contributed by atoms with E-state index in [-0.39, 0.29) is 0 Å². The zero-order chi connectivity index (χ0) is 5.11. The first kappa shape index (κ1) is 5.64. The molecule has 0 amide bonds. The second-order valence-corrected chi connectivity index (χ2v) is 2.52. The second kappa shape index (κ2) is 2.72. The van der Waals surface area contributed by atoms with Gasteiger partial charge < -0.3 is 0 Å². The van der Waals surface area contributed by atoms with Gasteiger partial charge in [0.15, 0.2) is 0 Å². The Morgan fingerprint density at radius 2 is 1.86 bits per heavy atom. The van der Waals surface area contributed by atoms with Gasteiger partial charge in [-0.25, -0.2) is 0 Å². The van der Waals surface area contributed by atoms with Crippen LogP contribution in [-0.2, 0) is 3.76 Å². The van der Waals surface area contributed by atoms with Crippen molar-refractivity contribution in [2.24, 2.45) is 0 Å². The minimum atomic E-state index is 0.597. The van der Waals surface area contributed by atoms with E-state index in [1.54, 1.807) is 16.9 Å². The summed E-state index contributed by atoms with van der Waals surface area (Å²) in [6.45, 7) is 0. The maximum atomic E-state index is 5.11. The molecule has 0 unspecified atom stereocenters. The molecule has 0 aliphatic heterocycles. The maximum absolute atomic E-state index is 5.11. The Hall–Kier alpha value is 0.503. The third-order valence-corrected chi connectivity index (χ3v) is 2.17. The molecule has 1 nitrogen and oxygen atoms in total. The summed E-state index contributed by atoms with van der Waals surface area (Å²) in [6.07, 6.45) is 5.92. The van der Waals surface area contributed by atoms with Crippen molar-refractivity contribution in [3.05, 3.63) is 0 Å². The van der Waals surface area contributed by atoms with Crippen LogP contribution >= 0.6 is 0 Å². The fourth-order valence-corrected chi connectivity index (χ4v) is 1.50. The van der Waals surface area contributed by atoms with Gasteiger partial charge in [-0.2, -0.15) is 0 Å². The van der Waals surface area contributed by atoms with Crippen LogP contribution in [0.25, 0.3) is 0 Å². The fraction of sp³-hybridized carbons (Fsp3) is 1.00. The zero-order valence-electron chi connectivity index (χ0n) is 4.31. The summed E-state index contributed by atoms with van der Waals surface area (Å²) in [6, 6.07) is 0. The Morgan fingerprint density at radius 1 is 1.29 bits per heavy atom.